The quantitative estimate of drug-likeness (QED) is 0.747. The highest BCUT2D eigenvalue weighted by atomic mass is 16.5. The van der Waals surface area contributed by atoms with Crippen LogP contribution in [-0.4, -0.2) is 43.8 Å². The molecule has 0 unspecified atom stereocenters. The van der Waals surface area contributed by atoms with Crippen LogP contribution in [0.15, 0.2) is 0 Å². The summed E-state index contributed by atoms with van der Waals surface area (Å²) in [6.45, 7) is 12.6. The van der Waals surface area contributed by atoms with Gasteiger partial charge < -0.3 is 15.0 Å². The van der Waals surface area contributed by atoms with E-state index < -0.39 is 0 Å². The van der Waals surface area contributed by atoms with Gasteiger partial charge >= 0.3 is 6.03 Å². The van der Waals surface area contributed by atoms with Crippen molar-refractivity contribution in [3.05, 3.63) is 0 Å². The largest absolute Gasteiger partial charge is 0.383 e. The average Bonchev–Trinajstić information content (AvgIpc) is 2.15. The summed E-state index contributed by atoms with van der Waals surface area (Å²) < 4.78 is 5.01. The number of carbonyl (C=O) groups excluding carboxylic acids is 1. The first-order chi connectivity index (χ1) is 7.86. The van der Waals surface area contributed by atoms with Gasteiger partial charge in [0.15, 0.2) is 0 Å². The lowest BCUT2D eigenvalue weighted by molar-refractivity contribution is 0.153. The number of amides is 2. The van der Waals surface area contributed by atoms with Gasteiger partial charge in [0.05, 0.1) is 12.6 Å². The van der Waals surface area contributed by atoms with Gasteiger partial charge in [0.1, 0.15) is 0 Å². The third kappa shape index (κ3) is 8.02. The molecule has 0 aromatic heterocycles. The van der Waals surface area contributed by atoms with E-state index >= 15 is 0 Å². The van der Waals surface area contributed by atoms with E-state index in [1.54, 1.807) is 7.11 Å². The van der Waals surface area contributed by atoms with Crippen molar-refractivity contribution in [3.63, 3.8) is 0 Å². The lowest BCUT2D eigenvalue weighted by Gasteiger charge is -2.28. The molecule has 0 aromatic carbocycles. The summed E-state index contributed by atoms with van der Waals surface area (Å²) in [7, 11) is 1.64. The monoisotopic (exact) mass is 244 g/mol. The summed E-state index contributed by atoms with van der Waals surface area (Å²) in [6.07, 6.45) is 0. The van der Waals surface area contributed by atoms with E-state index in [1.807, 2.05) is 11.8 Å². The molecule has 0 aliphatic heterocycles. The van der Waals surface area contributed by atoms with Crippen molar-refractivity contribution in [2.45, 2.75) is 40.7 Å². The van der Waals surface area contributed by atoms with Crippen LogP contribution in [0.4, 0.5) is 4.79 Å². The Morgan fingerprint density at radius 1 is 1.12 bits per heavy atom. The first-order valence-corrected chi connectivity index (χ1v) is 6.41. The Hall–Kier alpha value is -0.770. The van der Waals surface area contributed by atoms with Gasteiger partial charge in [-0.2, -0.15) is 0 Å². The second-order valence-corrected chi connectivity index (χ2v) is 5.50. The van der Waals surface area contributed by atoms with Crippen molar-refractivity contribution in [1.29, 1.82) is 0 Å². The van der Waals surface area contributed by atoms with E-state index in [9.17, 15) is 4.79 Å². The zero-order valence-corrected chi connectivity index (χ0v) is 12.1. The number of urea groups is 1. The Morgan fingerprint density at radius 3 is 1.94 bits per heavy atom. The topological polar surface area (TPSA) is 41.6 Å². The molecule has 102 valence electrons. The lowest BCUT2D eigenvalue weighted by atomic mass is 10.1. The zero-order chi connectivity index (χ0) is 13.4. The third-order valence-electron chi connectivity index (χ3n) is 2.24. The molecule has 4 nitrogen and oxygen atoms in total. The number of nitrogens with one attached hydrogen (secondary N) is 1. The molecule has 0 rings (SSSR count). The molecule has 1 atom stereocenters. The maximum atomic E-state index is 12.1. The van der Waals surface area contributed by atoms with Gasteiger partial charge in [-0.05, 0) is 18.8 Å². The Bertz CT molecular complexity index is 207. The fourth-order valence-electron chi connectivity index (χ4n) is 1.72. The first kappa shape index (κ1) is 16.2. The summed E-state index contributed by atoms with van der Waals surface area (Å²) in [5, 5.41) is 2.95. The van der Waals surface area contributed by atoms with E-state index in [-0.39, 0.29) is 12.1 Å². The molecule has 4 heteroatoms. The minimum absolute atomic E-state index is 0.0111. The number of rotatable bonds is 7. The van der Waals surface area contributed by atoms with Crippen molar-refractivity contribution in [1.82, 2.24) is 10.2 Å². The van der Waals surface area contributed by atoms with Crippen LogP contribution in [0.5, 0.6) is 0 Å². The summed E-state index contributed by atoms with van der Waals surface area (Å²) >= 11 is 0. The molecular formula is C13H28N2O2. The highest BCUT2D eigenvalue weighted by Gasteiger charge is 2.17. The predicted molar refractivity (Wildman–Crippen MR) is 71.1 cm³/mol. The van der Waals surface area contributed by atoms with Crippen LogP contribution >= 0.6 is 0 Å². The van der Waals surface area contributed by atoms with Crippen LogP contribution in [0, 0.1) is 11.8 Å². The average molecular weight is 244 g/mol. The van der Waals surface area contributed by atoms with E-state index in [0.717, 1.165) is 13.1 Å². The molecule has 0 radical (unpaired) electrons. The summed E-state index contributed by atoms with van der Waals surface area (Å²) in [6, 6.07) is 0.0614. The SMILES string of the molecule is COC[C@H](C)NC(=O)N(CC(C)C)CC(C)C. The Labute approximate surface area is 106 Å². The molecule has 0 aromatic rings. The van der Waals surface area contributed by atoms with Crippen molar-refractivity contribution in [2.75, 3.05) is 26.8 Å². The van der Waals surface area contributed by atoms with Crippen molar-refractivity contribution in [3.8, 4) is 0 Å². The number of methoxy groups -OCH3 is 1. The molecule has 0 saturated heterocycles. The number of carbonyl (C=O) groups is 1. The lowest BCUT2D eigenvalue weighted by Crippen LogP contribution is -2.47. The van der Waals surface area contributed by atoms with Gasteiger partial charge in [0.2, 0.25) is 0 Å². The van der Waals surface area contributed by atoms with Crippen LogP contribution in [0.3, 0.4) is 0 Å². The molecule has 0 fully saturated rings. The minimum atomic E-state index is 0.0111. The van der Waals surface area contributed by atoms with Gasteiger partial charge in [-0.1, -0.05) is 27.7 Å². The normalized spacial score (nSPS) is 12.9. The summed E-state index contributed by atoms with van der Waals surface area (Å²) in [5.74, 6) is 0.967. The molecule has 17 heavy (non-hydrogen) atoms. The Balaban J connectivity index is 4.30. The fourth-order valence-corrected chi connectivity index (χ4v) is 1.72. The Morgan fingerprint density at radius 2 is 1.59 bits per heavy atom. The van der Waals surface area contributed by atoms with Crippen LogP contribution in [-0.2, 0) is 4.74 Å². The smallest absolute Gasteiger partial charge is 0.317 e. The first-order valence-electron chi connectivity index (χ1n) is 6.41. The van der Waals surface area contributed by atoms with Gasteiger partial charge in [-0.15, -0.1) is 0 Å². The van der Waals surface area contributed by atoms with Crippen LogP contribution in [0.1, 0.15) is 34.6 Å². The number of hydrogen-bond donors (Lipinski definition) is 1. The van der Waals surface area contributed by atoms with Crippen LogP contribution in [0.2, 0.25) is 0 Å². The molecular weight excluding hydrogens is 216 g/mol. The zero-order valence-electron chi connectivity index (χ0n) is 12.1. The van der Waals surface area contributed by atoms with Crippen LogP contribution in [0.25, 0.3) is 0 Å². The summed E-state index contributed by atoms with van der Waals surface area (Å²) in [4.78, 5) is 13.9. The standard InChI is InChI=1S/C13H28N2O2/c1-10(2)7-15(8-11(3)4)13(16)14-12(5)9-17-6/h10-12H,7-9H2,1-6H3,(H,14,16)/t12-/m0/s1. The molecule has 2 amide bonds. The van der Waals surface area contributed by atoms with Crippen molar-refractivity contribution < 1.29 is 9.53 Å². The molecule has 0 aliphatic rings. The van der Waals surface area contributed by atoms with Gasteiger partial charge in [-0.25, -0.2) is 4.79 Å². The minimum Gasteiger partial charge on any atom is -0.383 e. The second kappa shape index (κ2) is 8.34. The molecule has 0 saturated carbocycles. The van der Waals surface area contributed by atoms with Gasteiger partial charge in [0.25, 0.3) is 0 Å². The molecule has 0 aliphatic carbocycles. The highest BCUT2D eigenvalue weighted by Crippen LogP contribution is 2.04. The fraction of sp³-hybridized carbons (Fsp3) is 0.923. The molecule has 1 N–H and O–H groups in total. The predicted octanol–water partition coefficient (Wildman–Crippen LogP) is 2.34. The van der Waals surface area contributed by atoms with E-state index in [0.29, 0.717) is 18.4 Å². The maximum Gasteiger partial charge on any atom is 0.317 e. The second-order valence-electron chi connectivity index (χ2n) is 5.50. The van der Waals surface area contributed by atoms with Crippen molar-refractivity contribution >= 4 is 6.03 Å². The van der Waals surface area contributed by atoms with Gasteiger partial charge in [0, 0.05) is 20.2 Å². The molecule has 0 spiro atoms. The molecule has 0 heterocycles. The van der Waals surface area contributed by atoms with Crippen molar-refractivity contribution in [2.24, 2.45) is 11.8 Å². The number of nitrogens with zero attached hydrogens (tertiary/aromatic N) is 1. The molecule has 0 bridgehead atoms. The van der Waals surface area contributed by atoms with E-state index in [4.69, 9.17) is 4.74 Å². The number of ether oxygens (including phenoxy) is 1. The highest BCUT2D eigenvalue weighted by molar-refractivity contribution is 5.74. The van der Waals surface area contributed by atoms with E-state index in [2.05, 4.69) is 33.0 Å². The third-order valence-corrected chi connectivity index (χ3v) is 2.24. The number of hydrogen-bond acceptors (Lipinski definition) is 2. The maximum absolute atomic E-state index is 12.1. The van der Waals surface area contributed by atoms with Gasteiger partial charge in [-0.3, -0.25) is 0 Å². The van der Waals surface area contributed by atoms with E-state index in [1.165, 1.54) is 0 Å². The van der Waals surface area contributed by atoms with Crippen LogP contribution < -0.4 is 5.32 Å². The summed E-state index contributed by atoms with van der Waals surface area (Å²) in [5.41, 5.74) is 0. The Kier molecular flexibility index (Phi) is 7.96.